The SMILES string of the molecule is CC(C)[C@H]1CO[C](C2=C=CC=C2P(c2ccccc2)c2ccccc2)[N-]1.[C]1=C=C=C=[C-]1.[Fe+2]. The van der Waals surface area contributed by atoms with Gasteiger partial charge in [0.15, 0.2) is 0 Å². The Bertz CT molecular complexity index is 1090. The van der Waals surface area contributed by atoms with Gasteiger partial charge in [-0.3, -0.25) is 11.5 Å². The summed E-state index contributed by atoms with van der Waals surface area (Å²) >= 11 is 0. The molecule has 2 aromatic rings. The predicted molar refractivity (Wildman–Crippen MR) is 127 cm³/mol. The molecule has 2 nitrogen and oxygen atoms in total. The third-order valence-corrected chi connectivity index (χ3v) is 7.45. The van der Waals surface area contributed by atoms with E-state index in [1.54, 1.807) is 0 Å². The van der Waals surface area contributed by atoms with E-state index in [1.807, 2.05) is 6.08 Å². The third-order valence-electron chi connectivity index (χ3n) is 4.96. The molecule has 0 spiro atoms. The second kappa shape index (κ2) is 12.0. The van der Waals surface area contributed by atoms with Crippen molar-refractivity contribution in [2.24, 2.45) is 5.92 Å². The van der Waals surface area contributed by atoms with Crippen LogP contribution in [0.3, 0.4) is 0 Å². The fourth-order valence-corrected chi connectivity index (χ4v) is 5.73. The van der Waals surface area contributed by atoms with Gasteiger partial charge in [-0.05, 0) is 36.0 Å². The smallest absolute Gasteiger partial charge is 0.623 e. The molecule has 158 valence electrons. The first-order chi connectivity index (χ1) is 15.2. The van der Waals surface area contributed by atoms with Gasteiger partial charge in [0.25, 0.3) is 0 Å². The van der Waals surface area contributed by atoms with Gasteiger partial charge in [-0.25, -0.2) is 5.73 Å². The van der Waals surface area contributed by atoms with Gasteiger partial charge in [0.05, 0.1) is 0 Å². The van der Waals surface area contributed by atoms with E-state index in [9.17, 15) is 0 Å². The van der Waals surface area contributed by atoms with Crippen molar-refractivity contribution in [1.29, 1.82) is 0 Å². The minimum atomic E-state index is -0.668. The number of benzene rings is 2. The largest absolute Gasteiger partial charge is 2.00 e. The average molecular weight is 475 g/mol. The molecule has 0 amide bonds. The Morgan fingerprint density at radius 3 is 2.12 bits per heavy atom. The molecule has 0 N–H and O–H groups in total. The van der Waals surface area contributed by atoms with Gasteiger partial charge >= 0.3 is 17.1 Å². The summed E-state index contributed by atoms with van der Waals surface area (Å²) < 4.78 is 5.96. The number of hydrogen-bond donors (Lipinski definition) is 0. The maximum Gasteiger partial charge on any atom is 2.00 e. The Morgan fingerprint density at radius 1 is 1.00 bits per heavy atom. The van der Waals surface area contributed by atoms with Crippen LogP contribution >= 0.6 is 7.92 Å². The Kier molecular flexibility index (Phi) is 9.14. The molecule has 0 unspecified atom stereocenters. The van der Waals surface area contributed by atoms with Crippen LogP contribution < -0.4 is 10.6 Å². The number of ether oxygens (including phenoxy) is 1. The van der Waals surface area contributed by atoms with E-state index < -0.39 is 7.92 Å². The summed E-state index contributed by atoms with van der Waals surface area (Å²) in [6.07, 6.45) is 9.93. The van der Waals surface area contributed by atoms with Crippen molar-refractivity contribution in [3.05, 3.63) is 130 Å². The van der Waals surface area contributed by atoms with Crippen LogP contribution in [0.5, 0.6) is 0 Å². The molecule has 1 atom stereocenters. The van der Waals surface area contributed by atoms with Crippen LogP contribution in [-0.2, 0) is 21.8 Å². The fourth-order valence-electron chi connectivity index (χ4n) is 3.32. The summed E-state index contributed by atoms with van der Waals surface area (Å²) in [4.78, 5) is 0. The molecule has 0 aromatic heterocycles. The first kappa shape index (κ1) is 24.3. The standard InChI is InChI=1S/C23H22NOP.C5.Fe/c1-17(2)21-16-25-23(24-21)20-14-9-15-22(20)26(18-10-5-3-6-11-18)19-12-7-4-8-13-19;1-2-4-5-3-1;/h3-13,15,17,21H,16H2,1-2H3;;/q2*-1;+2/t21-;;/m1../s1. The van der Waals surface area contributed by atoms with E-state index in [-0.39, 0.29) is 23.1 Å². The minimum Gasteiger partial charge on any atom is -0.623 e. The summed E-state index contributed by atoms with van der Waals surface area (Å²) in [6, 6.07) is 21.7. The Balaban J connectivity index is 0.000000427. The third kappa shape index (κ3) is 5.91. The molecule has 5 rings (SSSR count). The summed E-state index contributed by atoms with van der Waals surface area (Å²) in [5.74, 6) is 0.482. The molecule has 1 heterocycles. The molecular formula is C28H22FeNOP. The number of allylic oxidation sites excluding steroid dienone is 3. The summed E-state index contributed by atoms with van der Waals surface area (Å²) in [6.45, 7) is 5.05. The van der Waals surface area contributed by atoms with Crippen molar-refractivity contribution in [2.75, 3.05) is 6.61 Å². The first-order valence-corrected chi connectivity index (χ1v) is 11.6. The Hall–Kier alpha value is -2.35. The van der Waals surface area contributed by atoms with Crippen LogP contribution in [-0.4, -0.2) is 12.6 Å². The van der Waals surface area contributed by atoms with E-state index in [4.69, 9.17) is 10.1 Å². The van der Waals surface area contributed by atoms with Gasteiger partial charge in [0.1, 0.15) is 0 Å². The zero-order chi connectivity index (χ0) is 21.5. The van der Waals surface area contributed by atoms with Crippen molar-refractivity contribution in [3.63, 3.8) is 0 Å². The maximum absolute atomic E-state index is 5.96. The van der Waals surface area contributed by atoms with Crippen molar-refractivity contribution in [1.82, 2.24) is 0 Å². The second-order valence-corrected chi connectivity index (χ2v) is 9.61. The predicted octanol–water partition coefficient (Wildman–Crippen LogP) is 5.64. The van der Waals surface area contributed by atoms with Crippen molar-refractivity contribution >= 4 is 18.5 Å². The molecule has 2 aliphatic carbocycles. The molecule has 0 bridgehead atoms. The first-order valence-electron chi connectivity index (χ1n) is 10.3. The number of rotatable bonds is 5. The molecule has 2 radical (unpaired) electrons. The molecule has 0 saturated carbocycles. The van der Waals surface area contributed by atoms with E-state index in [1.165, 1.54) is 15.9 Å². The molecule has 4 heteroatoms. The Morgan fingerprint density at radius 2 is 1.66 bits per heavy atom. The van der Waals surface area contributed by atoms with Gasteiger partial charge < -0.3 is 10.1 Å². The fraction of sp³-hybridized carbons (Fsp3) is 0.179. The number of hydrogen-bond acceptors (Lipinski definition) is 1. The molecule has 1 aliphatic heterocycles. The zero-order valence-corrected chi connectivity index (χ0v) is 19.9. The monoisotopic (exact) mass is 475 g/mol. The molecule has 3 aliphatic rings. The van der Waals surface area contributed by atoms with Crippen molar-refractivity contribution < 1.29 is 21.8 Å². The molecule has 2 aromatic carbocycles. The average Bonchev–Trinajstić information content (AvgIpc) is 3.58. The van der Waals surface area contributed by atoms with Gasteiger partial charge in [-0.1, -0.05) is 80.4 Å². The second-order valence-electron chi connectivity index (χ2n) is 7.43. The van der Waals surface area contributed by atoms with Crippen molar-refractivity contribution in [3.8, 4) is 0 Å². The minimum absolute atomic E-state index is 0. The van der Waals surface area contributed by atoms with Crippen LogP contribution in [0.25, 0.3) is 5.32 Å². The normalized spacial score (nSPS) is 18.1. The van der Waals surface area contributed by atoms with Crippen LogP contribution in [0, 0.1) is 24.3 Å². The molecule has 32 heavy (non-hydrogen) atoms. The van der Waals surface area contributed by atoms with Gasteiger partial charge in [0.2, 0.25) is 0 Å². The van der Waals surface area contributed by atoms with E-state index in [0.717, 1.165) is 11.8 Å². The van der Waals surface area contributed by atoms with Crippen molar-refractivity contribution in [2.45, 2.75) is 19.9 Å². The molecule has 1 saturated heterocycles. The topological polar surface area (TPSA) is 23.3 Å². The van der Waals surface area contributed by atoms with E-state index in [0.29, 0.717) is 12.5 Å². The van der Waals surface area contributed by atoms with E-state index in [2.05, 4.69) is 116 Å². The Labute approximate surface area is 202 Å². The van der Waals surface area contributed by atoms with Crippen LogP contribution in [0.2, 0.25) is 0 Å². The zero-order valence-electron chi connectivity index (χ0n) is 17.9. The van der Waals surface area contributed by atoms with Crippen LogP contribution in [0.4, 0.5) is 0 Å². The summed E-state index contributed by atoms with van der Waals surface area (Å²) in [7, 11) is -0.668. The van der Waals surface area contributed by atoms with E-state index >= 15 is 0 Å². The van der Waals surface area contributed by atoms with Gasteiger partial charge in [0, 0.05) is 18.4 Å². The van der Waals surface area contributed by atoms with Crippen LogP contribution in [0.1, 0.15) is 13.8 Å². The summed E-state index contributed by atoms with van der Waals surface area (Å²) in [5.41, 5.74) is 11.9. The summed E-state index contributed by atoms with van der Waals surface area (Å²) in [5, 5.41) is 8.75. The van der Waals surface area contributed by atoms with Crippen LogP contribution in [0.15, 0.2) is 107 Å². The molecule has 1 fully saturated rings. The molecular weight excluding hydrogens is 453 g/mol. The van der Waals surface area contributed by atoms with Gasteiger partial charge in [-0.15, -0.1) is 23.9 Å². The van der Waals surface area contributed by atoms with Gasteiger partial charge in [-0.2, -0.15) is 0 Å². The maximum atomic E-state index is 5.96. The number of nitrogens with zero attached hydrogens (tertiary/aromatic N) is 1. The quantitative estimate of drug-likeness (QED) is 0.238.